The Kier molecular flexibility index (Phi) is 5.92. The monoisotopic (exact) mass is 393 g/mol. The fraction of sp³-hybridized carbons (Fsp3) is 0.238. The van der Waals surface area contributed by atoms with Crippen molar-refractivity contribution in [1.82, 2.24) is 14.7 Å². The average Bonchev–Trinajstić information content (AvgIpc) is 3.06. The SMILES string of the molecule is CC(=O)Nc1cccc(NC(=O)c2nc(C(=O)NCC(C)C)n3ccccc23)c1. The third kappa shape index (κ3) is 4.78. The lowest BCUT2D eigenvalue weighted by Crippen LogP contribution is -2.29. The number of fused-ring (bicyclic) bond motifs is 1. The summed E-state index contributed by atoms with van der Waals surface area (Å²) in [5.41, 5.74) is 1.74. The first-order valence-electron chi connectivity index (χ1n) is 9.29. The fourth-order valence-corrected chi connectivity index (χ4v) is 2.81. The highest BCUT2D eigenvalue weighted by atomic mass is 16.2. The van der Waals surface area contributed by atoms with Gasteiger partial charge in [0.05, 0.1) is 5.52 Å². The molecule has 0 spiro atoms. The first kappa shape index (κ1) is 20.1. The molecule has 150 valence electrons. The standard InChI is InChI=1S/C21H23N5O3/c1-13(2)12-22-21(29)19-25-18(17-9-4-5-10-26(17)19)20(28)24-16-8-6-7-15(11-16)23-14(3)27/h4-11,13H,12H2,1-3H3,(H,22,29)(H,23,27)(H,24,28). The zero-order valence-electron chi connectivity index (χ0n) is 16.5. The van der Waals surface area contributed by atoms with Crippen molar-refractivity contribution in [3.05, 3.63) is 60.2 Å². The Labute approximate surface area is 168 Å². The van der Waals surface area contributed by atoms with Gasteiger partial charge in [0.1, 0.15) is 0 Å². The second-order valence-electron chi connectivity index (χ2n) is 7.06. The van der Waals surface area contributed by atoms with E-state index in [9.17, 15) is 14.4 Å². The van der Waals surface area contributed by atoms with Crippen molar-refractivity contribution in [3.63, 3.8) is 0 Å². The van der Waals surface area contributed by atoms with E-state index in [2.05, 4.69) is 20.9 Å². The highest BCUT2D eigenvalue weighted by molar-refractivity contribution is 6.09. The molecule has 2 aromatic heterocycles. The molecule has 0 saturated heterocycles. The molecule has 0 atom stereocenters. The van der Waals surface area contributed by atoms with E-state index < -0.39 is 5.91 Å². The minimum atomic E-state index is -0.448. The average molecular weight is 393 g/mol. The van der Waals surface area contributed by atoms with Crippen LogP contribution >= 0.6 is 0 Å². The third-order valence-corrected chi connectivity index (χ3v) is 4.08. The summed E-state index contributed by atoms with van der Waals surface area (Å²) in [5, 5.41) is 8.26. The molecule has 0 unspecified atom stereocenters. The van der Waals surface area contributed by atoms with Gasteiger partial charge in [-0.15, -0.1) is 0 Å². The van der Waals surface area contributed by atoms with Gasteiger partial charge in [0.2, 0.25) is 11.7 Å². The van der Waals surface area contributed by atoms with Crippen LogP contribution in [0.15, 0.2) is 48.7 Å². The number of nitrogens with zero attached hydrogens (tertiary/aromatic N) is 2. The van der Waals surface area contributed by atoms with Gasteiger partial charge in [-0.25, -0.2) is 4.98 Å². The van der Waals surface area contributed by atoms with Gasteiger partial charge in [-0.3, -0.25) is 18.8 Å². The number of rotatable bonds is 6. The number of benzene rings is 1. The van der Waals surface area contributed by atoms with Crippen molar-refractivity contribution in [2.75, 3.05) is 17.2 Å². The summed E-state index contributed by atoms with van der Waals surface area (Å²) in [7, 11) is 0. The number of pyridine rings is 1. The van der Waals surface area contributed by atoms with Gasteiger partial charge in [-0.05, 0) is 36.2 Å². The van der Waals surface area contributed by atoms with Gasteiger partial charge >= 0.3 is 0 Å². The van der Waals surface area contributed by atoms with E-state index >= 15 is 0 Å². The van der Waals surface area contributed by atoms with E-state index in [4.69, 9.17) is 0 Å². The lowest BCUT2D eigenvalue weighted by molar-refractivity contribution is -0.114. The molecule has 3 amide bonds. The summed E-state index contributed by atoms with van der Waals surface area (Å²) in [6.45, 7) is 5.92. The molecule has 8 heteroatoms. The van der Waals surface area contributed by atoms with E-state index in [0.29, 0.717) is 29.4 Å². The zero-order chi connectivity index (χ0) is 21.0. The number of hydrogen-bond donors (Lipinski definition) is 3. The molecule has 29 heavy (non-hydrogen) atoms. The number of amides is 3. The van der Waals surface area contributed by atoms with Crippen LogP contribution in [0.4, 0.5) is 11.4 Å². The molecule has 0 aliphatic rings. The third-order valence-electron chi connectivity index (χ3n) is 4.08. The summed E-state index contributed by atoms with van der Waals surface area (Å²) in [6, 6.07) is 12.1. The summed E-state index contributed by atoms with van der Waals surface area (Å²) >= 11 is 0. The fourth-order valence-electron chi connectivity index (χ4n) is 2.81. The summed E-state index contributed by atoms with van der Waals surface area (Å²) in [5.74, 6) is -0.545. The number of carbonyl (C=O) groups is 3. The number of carbonyl (C=O) groups excluding carboxylic acids is 3. The molecule has 0 aliphatic carbocycles. The van der Waals surface area contributed by atoms with E-state index in [1.807, 2.05) is 13.8 Å². The molecule has 0 radical (unpaired) electrons. The molecule has 0 bridgehead atoms. The Morgan fingerprint density at radius 1 is 1.00 bits per heavy atom. The maximum absolute atomic E-state index is 12.9. The van der Waals surface area contributed by atoms with E-state index in [1.54, 1.807) is 53.1 Å². The normalized spacial score (nSPS) is 10.8. The first-order chi connectivity index (χ1) is 13.8. The van der Waals surface area contributed by atoms with Gasteiger partial charge in [-0.2, -0.15) is 0 Å². The number of aromatic nitrogens is 2. The lowest BCUT2D eigenvalue weighted by Gasteiger charge is -2.07. The van der Waals surface area contributed by atoms with Crippen LogP contribution in [0.5, 0.6) is 0 Å². The number of nitrogens with one attached hydrogen (secondary N) is 3. The predicted molar refractivity (Wildman–Crippen MR) is 111 cm³/mol. The Bertz CT molecular complexity index is 1070. The van der Waals surface area contributed by atoms with Crippen LogP contribution < -0.4 is 16.0 Å². The highest BCUT2D eigenvalue weighted by Gasteiger charge is 2.21. The molecule has 3 rings (SSSR count). The number of hydrogen-bond acceptors (Lipinski definition) is 4. The van der Waals surface area contributed by atoms with Crippen molar-refractivity contribution in [2.24, 2.45) is 5.92 Å². The van der Waals surface area contributed by atoms with E-state index in [0.717, 1.165) is 0 Å². The quantitative estimate of drug-likeness (QED) is 0.599. The first-order valence-corrected chi connectivity index (χ1v) is 9.29. The van der Waals surface area contributed by atoms with Crippen LogP contribution in [0, 0.1) is 5.92 Å². The molecule has 0 saturated carbocycles. The molecule has 3 N–H and O–H groups in total. The largest absolute Gasteiger partial charge is 0.349 e. The topological polar surface area (TPSA) is 105 Å². The van der Waals surface area contributed by atoms with Gasteiger partial charge in [0, 0.05) is 31.0 Å². The smallest absolute Gasteiger partial charge is 0.287 e. The second kappa shape index (κ2) is 8.55. The summed E-state index contributed by atoms with van der Waals surface area (Å²) < 4.78 is 1.60. The molecule has 8 nitrogen and oxygen atoms in total. The van der Waals surface area contributed by atoms with Crippen LogP contribution in [-0.2, 0) is 4.79 Å². The van der Waals surface area contributed by atoms with Crippen LogP contribution in [0.1, 0.15) is 41.9 Å². The van der Waals surface area contributed by atoms with Crippen molar-refractivity contribution in [2.45, 2.75) is 20.8 Å². The Balaban J connectivity index is 1.88. The molecular formula is C21H23N5O3. The van der Waals surface area contributed by atoms with Crippen molar-refractivity contribution < 1.29 is 14.4 Å². The summed E-state index contributed by atoms with van der Waals surface area (Å²) in [6.07, 6.45) is 1.70. The van der Waals surface area contributed by atoms with Crippen LogP contribution in [0.25, 0.3) is 5.52 Å². The van der Waals surface area contributed by atoms with Crippen LogP contribution in [0.2, 0.25) is 0 Å². The van der Waals surface area contributed by atoms with Crippen molar-refractivity contribution in [3.8, 4) is 0 Å². The second-order valence-corrected chi connectivity index (χ2v) is 7.06. The van der Waals surface area contributed by atoms with Crippen LogP contribution in [0.3, 0.4) is 0 Å². The van der Waals surface area contributed by atoms with E-state index in [1.165, 1.54) is 6.92 Å². The van der Waals surface area contributed by atoms with Crippen molar-refractivity contribution in [1.29, 1.82) is 0 Å². The minimum absolute atomic E-state index is 0.144. The molecule has 1 aromatic carbocycles. The molecule has 3 aromatic rings. The molecule has 0 aliphatic heterocycles. The Hall–Kier alpha value is -3.68. The van der Waals surface area contributed by atoms with Gasteiger partial charge < -0.3 is 16.0 Å². The van der Waals surface area contributed by atoms with Gasteiger partial charge in [0.25, 0.3) is 11.8 Å². The van der Waals surface area contributed by atoms with Crippen LogP contribution in [-0.4, -0.2) is 33.7 Å². The maximum atomic E-state index is 12.9. The number of anilines is 2. The van der Waals surface area contributed by atoms with E-state index in [-0.39, 0.29) is 23.3 Å². The zero-order valence-corrected chi connectivity index (χ0v) is 16.5. The predicted octanol–water partition coefficient (Wildman–Crippen LogP) is 2.93. The Morgan fingerprint density at radius 3 is 2.41 bits per heavy atom. The molecule has 0 fully saturated rings. The maximum Gasteiger partial charge on any atom is 0.287 e. The van der Waals surface area contributed by atoms with Gasteiger partial charge in [-0.1, -0.05) is 26.0 Å². The van der Waals surface area contributed by atoms with Gasteiger partial charge in [0.15, 0.2) is 5.69 Å². The highest BCUT2D eigenvalue weighted by Crippen LogP contribution is 2.18. The molecule has 2 heterocycles. The molecular weight excluding hydrogens is 370 g/mol. The minimum Gasteiger partial charge on any atom is -0.349 e. The number of imidazole rings is 1. The van der Waals surface area contributed by atoms with Crippen molar-refractivity contribution >= 4 is 34.6 Å². The Morgan fingerprint density at radius 2 is 1.72 bits per heavy atom. The summed E-state index contributed by atoms with van der Waals surface area (Å²) in [4.78, 5) is 40.9. The lowest BCUT2D eigenvalue weighted by atomic mass is 10.2.